The van der Waals surface area contributed by atoms with Crippen LogP contribution in [0.15, 0.2) is 0 Å². The van der Waals surface area contributed by atoms with Crippen molar-refractivity contribution in [2.75, 3.05) is 26.3 Å². The van der Waals surface area contributed by atoms with Gasteiger partial charge in [0, 0.05) is 19.1 Å². The van der Waals surface area contributed by atoms with Crippen molar-refractivity contribution < 1.29 is 14.6 Å². The van der Waals surface area contributed by atoms with E-state index in [0.717, 1.165) is 38.8 Å². The van der Waals surface area contributed by atoms with E-state index in [2.05, 4.69) is 5.32 Å². The zero-order valence-electron chi connectivity index (χ0n) is 9.52. The average Bonchev–Trinajstić information content (AvgIpc) is 3.11. The van der Waals surface area contributed by atoms with Crippen molar-refractivity contribution in [1.82, 2.24) is 10.2 Å². The van der Waals surface area contributed by atoms with Gasteiger partial charge in [0.1, 0.15) is 0 Å². The summed E-state index contributed by atoms with van der Waals surface area (Å²) in [6, 6.07) is 0.499. The number of nitrogens with one attached hydrogen (secondary N) is 1. The van der Waals surface area contributed by atoms with Gasteiger partial charge in [0.05, 0.1) is 19.3 Å². The van der Waals surface area contributed by atoms with Gasteiger partial charge in [0.2, 0.25) is 0 Å². The maximum atomic E-state index is 11.7. The summed E-state index contributed by atoms with van der Waals surface area (Å²) in [5.74, 6) is 0. The zero-order valence-corrected chi connectivity index (χ0v) is 9.52. The zero-order chi connectivity index (χ0) is 11.4. The molecule has 16 heavy (non-hydrogen) atoms. The Hall–Kier alpha value is -0.810. The fourth-order valence-corrected chi connectivity index (χ4v) is 1.94. The molecule has 1 aliphatic heterocycles. The molecule has 0 aromatic heterocycles. The van der Waals surface area contributed by atoms with Crippen LogP contribution in [0, 0.1) is 0 Å². The van der Waals surface area contributed by atoms with E-state index in [1.165, 1.54) is 0 Å². The summed E-state index contributed by atoms with van der Waals surface area (Å²) in [7, 11) is 0. The lowest BCUT2D eigenvalue weighted by Crippen LogP contribution is -2.46. The normalized spacial score (nSPS) is 22.2. The van der Waals surface area contributed by atoms with Crippen LogP contribution in [0.3, 0.4) is 0 Å². The Kier molecular flexibility index (Phi) is 4.01. The standard InChI is InChI=1S/C11H20N2O3/c14-7-8-16-10-3-5-13(6-4-10)11(15)12-9-1-2-9/h9-10,14H,1-8H2,(H,12,15). The van der Waals surface area contributed by atoms with Gasteiger partial charge in [-0.2, -0.15) is 0 Å². The highest BCUT2D eigenvalue weighted by atomic mass is 16.5. The van der Waals surface area contributed by atoms with Crippen LogP contribution in [-0.2, 0) is 4.74 Å². The van der Waals surface area contributed by atoms with E-state index in [0.29, 0.717) is 12.6 Å². The average molecular weight is 228 g/mol. The van der Waals surface area contributed by atoms with Gasteiger partial charge in [-0.3, -0.25) is 0 Å². The Morgan fingerprint density at radius 1 is 1.31 bits per heavy atom. The van der Waals surface area contributed by atoms with Gasteiger partial charge < -0.3 is 20.1 Å². The molecule has 0 radical (unpaired) electrons. The molecule has 2 fully saturated rings. The number of hydrogen-bond donors (Lipinski definition) is 2. The predicted octanol–water partition coefficient (Wildman–Crippen LogP) is 0.332. The second kappa shape index (κ2) is 5.50. The van der Waals surface area contributed by atoms with E-state index in [4.69, 9.17) is 9.84 Å². The first kappa shape index (κ1) is 11.7. The number of piperidine rings is 1. The van der Waals surface area contributed by atoms with E-state index in [-0.39, 0.29) is 18.7 Å². The molecular formula is C11H20N2O3. The SMILES string of the molecule is O=C(NC1CC1)N1CCC(OCCO)CC1. The van der Waals surface area contributed by atoms with Crippen LogP contribution < -0.4 is 5.32 Å². The molecule has 0 bridgehead atoms. The summed E-state index contributed by atoms with van der Waals surface area (Å²) >= 11 is 0. The number of aliphatic hydroxyl groups excluding tert-OH is 1. The van der Waals surface area contributed by atoms with Gasteiger partial charge in [-0.1, -0.05) is 0 Å². The number of rotatable bonds is 4. The first-order valence-corrected chi connectivity index (χ1v) is 6.07. The van der Waals surface area contributed by atoms with Crippen molar-refractivity contribution in [2.45, 2.75) is 37.8 Å². The van der Waals surface area contributed by atoms with Crippen LogP contribution in [0.1, 0.15) is 25.7 Å². The molecule has 0 aromatic rings. The molecule has 2 aliphatic rings. The molecule has 0 aromatic carbocycles. The summed E-state index contributed by atoms with van der Waals surface area (Å²) in [5.41, 5.74) is 0. The molecule has 2 N–H and O–H groups in total. The van der Waals surface area contributed by atoms with E-state index in [9.17, 15) is 4.79 Å². The number of hydrogen-bond acceptors (Lipinski definition) is 3. The van der Waals surface area contributed by atoms with Gasteiger partial charge in [0.15, 0.2) is 0 Å². The first-order valence-electron chi connectivity index (χ1n) is 6.07. The smallest absolute Gasteiger partial charge is 0.317 e. The van der Waals surface area contributed by atoms with Gasteiger partial charge in [-0.05, 0) is 25.7 Å². The minimum atomic E-state index is 0.0718. The number of amides is 2. The molecule has 0 spiro atoms. The number of carbonyl (C=O) groups is 1. The van der Waals surface area contributed by atoms with Crippen molar-refractivity contribution in [2.24, 2.45) is 0 Å². The largest absolute Gasteiger partial charge is 0.394 e. The number of carbonyl (C=O) groups excluding carboxylic acids is 1. The van der Waals surface area contributed by atoms with Gasteiger partial charge in [-0.25, -0.2) is 4.79 Å². The van der Waals surface area contributed by atoms with Crippen molar-refractivity contribution in [3.63, 3.8) is 0 Å². The lowest BCUT2D eigenvalue weighted by atomic mass is 10.1. The topological polar surface area (TPSA) is 61.8 Å². The fourth-order valence-electron chi connectivity index (χ4n) is 1.94. The Bertz CT molecular complexity index is 235. The molecule has 5 nitrogen and oxygen atoms in total. The quantitative estimate of drug-likeness (QED) is 0.729. The summed E-state index contributed by atoms with van der Waals surface area (Å²) in [4.78, 5) is 13.6. The first-order chi connectivity index (χ1) is 7.79. The third-order valence-electron chi connectivity index (χ3n) is 3.08. The molecule has 0 atom stereocenters. The van der Waals surface area contributed by atoms with Crippen molar-refractivity contribution >= 4 is 6.03 Å². The molecule has 2 amide bonds. The number of urea groups is 1. The Labute approximate surface area is 95.8 Å². The van der Waals surface area contributed by atoms with Crippen LogP contribution >= 0.6 is 0 Å². The predicted molar refractivity (Wildman–Crippen MR) is 59.2 cm³/mol. The van der Waals surface area contributed by atoms with Gasteiger partial charge >= 0.3 is 6.03 Å². The van der Waals surface area contributed by atoms with E-state index >= 15 is 0 Å². The van der Waals surface area contributed by atoms with Crippen molar-refractivity contribution in [3.05, 3.63) is 0 Å². The van der Waals surface area contributed by atoms with Crippen molar-refractivity contribution in [1.29, 1.82) is 0 Å². The summed E-state index contributed by atoms with van der Waals surface area (Å²) < 4.78 is 5.45. The van der Waals surface area contributed by atoms with Crippen LogP contribution in [0.4, 0.5) is 4.79 Å². The Balaban J connectivity index is 1.65. The highest BCUT2D eigenvalue weighted by molar-refractivity contribution is 5.74. The fraction of sp³-hybridized carbons (Fsp3) is 0.909. The molecule has 1 saturated heterocycles. The number of likely N-dealkylation sites (tertiary alicyclic amines) is 1. The summed E-state index contributed by atoms with van der Waals surface area (Å²) in [6.45, 7) is 1.99. The van der Waals surface area contributed by atoms with Crippen LogP contribution in [0.2, 0.25) is 0 Å². The second-order valence-electron chi connectivity index (χ2n) is 4.50. The number of nitrogens with zero attached hydrogens (tertiary/aromatic N) is 1. The summed E-state index contributed by atoms with van der Waals surface area (Å²) in [5, 5.41) is 11.6. The number of ether oxygens (including phenoxy) is 1. The van der Waals surface area contributed by atoms with Crippen LogP contribution in [0.25, 0.3) is 0 Å². The third kappa shape index (κ3) is 3.35. The van der Waals surface area contributed by atoms with Gasteiger partial charge in [-0.15, -0.1) is 0 Å². The molecule has 92 valence electrons. The summed E-state index contributed by atoms with van der Waals surface area (Å²) in [6.07, 6.45) is 4.21. The van der Waals surface area contributed by atoms with Crippen molar-refractivity contribution in [3.8, 4) is 0 Å². The maximum Gasteiger partial charge on any atom is 0.317 e. The Morgan fingerprint density at radius 3 is 2.56 bits per heavy atom. The molecule has 0 unspecified atom stereocenters. The lowest BCUT2D eigenvalue weighted by Gasteiger charge is -2.31. The minimum Gasteiger partial charge on any atom is -0.394 e. The number of aliphatic hydroxyl groups is 1. The third-order valence-corrected chi connectivity index (χ3v) is 3.08. The van der Waals surface area contributed by atoms with Crippen LogP contribution in [-0.4, -0.2) is 54.5 Å². The molecule has 1 saturated carbocycles. The van der Waals surface area contributed by atoms with E-state index < -0.39 is 0 Å². The van der Waals surface area contributed by atoms with Gasteiger partial charge in [0.25, 0.3) is 0 Å². The van der Waals surface area contributed by atoms with E-state index in [1.54, 1.807) is 0 Å². The monoisotopic (exact) mass is 228 g/mol. The van der Waals surface area contributed by atoms with Crippen LogP contribution in [0.5, 0.6) is 0 Å². The molecular weight excluding hydrogens is 208 g/mol. The molecule has 5 heteroatoms. The minimum absolute atomic E-state index is 0.0718. The molecule has 1 heterocycles. The molecule has 2 rings (SSSR count). The maximum absolute atomic E-state index is 11.7. The second-order valence-corrected chi connectivity index (χ2v) is 4.50. The molecule has 1 aliphatic carbocycles. The Morgan fingerprint density at radius 2 is 2.00 bits per heavy atom. The highest BCUT2D eigenvalue weighted by Crippen LogP contribution is 2.20. The highest BCUT2D eigenvalue weighted by Gasteiger charge is 2.28. The van der Waals surface area contributed by atoms with E-state index in [1.807, 2.05) is 4.90 Å². The lowest BCUT2D eigenvalue weighted by molar-refractivity contribution is -0.00168.